The van der Waals surface area contributed by atoms with E-state index >= 15 is 0 Å². The highest BCUT2D eigenvalue weighted by Crippen LogP contribution is 2.35. The van der Waals surface area contributed by atoms with E-state index in [0.29, 0.717) is 22.0 Å². The molecule has 0 fully saturated rings. The van der Waals surface area contributed by atoms with Gasteiger partial charge in [-0.3, -0.25) is 4.98 Å². The third kappa shape index (κ3) is 2.31. The van der Waals surface area contributed by atoms with Gasteiger partial charge in [0.2, 0.25) is 0 Å². The van der Waals surface area contributed by atoms with E-state index in [2.05, 4.69) is 4.98 Å². The topological polar surface area (TPSA) is 50.2 Å². The zero-order chi connectivity index (χ0) is 15.9. The second-order valence-electron chi connectivity index (χ2n) is 4.95. The molecule has 3 aromatic rings. The molecule has 0 atom stereocenters. The first-order valence-corrected chi connectivity index (χ1v) is 6.94. The Morgan fingerprint density at radius 2 is 2.00 bits per heavy atom. The molecule has 5 heteroatoms. The molecular weight excluding hydrogens is 305 g/mol. The van der Waals surface area contributed by atoms with Crippen LogP contribution in [0.3, 0.4) is 0 Å². The molecule has 0 bridgehead atoms. The maximum Gasteiger partial charge on any atom is 0.335 e. The average Bonchev–Trinajstić information content (AvgIpc) is 2.49. The minimum absolute atomic E-state index is 0.00776. The summed E-state index contributed by atoms with van der Waals surface area (Å²) in [6.45, 7) is 1.79. The van der Waals surface area contributed by atoms with Crippen molar-refractivity contribution in [3.8, 4) is 11.1 Å². The number of fused-ring (bicyclic) bond motifs is 1. The summed E-state index contributed by atoms with van der Waals surface area (Å²) in [6, 6.07) is 9.35. The molecule has 1 N–H and O–H groups in total. The van der Waals surface area contributed by atoms with Crippen molar-refractivity contribution < 1.29 is 14.3 Å². The highest BCUT2D eigenvalue weighted by atomic mass is 35.5. The number of hydrogen-bond donors (Lipinski definition) is 1. The largest absolute Gasteiger partial charge is 0.478 e. The zero-order valence-corrected chi connectivity index (χ0v) is 12.4. The van der Waals surface area contributed by atoms with E-state index in [1.165, 1.54) is 12.1 Å². The Hall–Kier alpha value is -2.46. The molecule has 0 aliphatic heterocycles. The van der Waals surface area contributed by atoms with Gasteiger partial charge in [0, 0.05) is 17.1 Å². The predicted octanol–water partition coefficient (Wildman–Crippen LogP) is 4.70. The molecule has 22 heavy (non-hydrogen) atoms. The maximum absolute atomic E-state index is 13.7. The molecule has 0 spiro atoms. The van der Waals surface area contributed by atoms with E-state index in [1.54, 1.807) is 37.4 Å². The molecule has 3 nitrogen and oxygen atoms in total. The highest BCUT2D eigenvalue weighted by molar-refractivity contribution is 6.33. The number of hydrogen-bond acceptors (Lipinski definition) is 2. The molecule has 3 rings (SSSR count). The zero-order valence-electron chi connectivity index (χ0n) is 11.6. The van der Waals surface area contributed by atoms with E-state index in [9.17, 15) is 14.3 Å². The number of aryl methyl sites for hydroxylation is 1. The smallest absolute Gasteiger partial charge is 0.335 e. The molecule has 0 aliphatic rings. The van der Waals surface area contributed by atoms with Gasteiger partial charge in [-0.25, -0.2) is 9.18 Å². The summed E-state index contributed by atoms with van der Waals surface area (Å²) in [4.78, 5) is 15.5. The van der Waals surface area contributed by atoms with Gasteiger partial charge in [0.15, 0.2) is 0 Å². The van der Waals surface area contributed by atoms with Gasteiger partial charge in [-0.15, -0.1) is 0 Å². The standard InChI is InChI=1S/C17H11ClFNO2/c1-9-7-10(17(21)22)8-13-11(5-6-20-16(9)13)12-3-2-4-14(19)15(12)18/h2-8H,1H3,(H,21,22). The van der Waals surface area contributed by atoms with Crippen molar-refractivity contribution in [2.24, 2.45) is 0 Å². The van der Waals surface area contributed by atoms with Crippen LogP contribution >= 0.6 is 11.6 Å². The Balaban J connectivity index is 2.39. The third-order valence-corrected chi connectivity index (χ3v) is 3.91. The first-order chi connectivity index (χ1) is 10.5. The van der Waals surface area contributed by atoms with Gasteiger partial charge in [0.05, 0.1) is 16.1 Å². The summed E-state index contributed by atoms with van der Waals surface area (Å²) in [5.74, 6) is -1.54. The highest BCUT2D eigenvalue weighted by Gasteiger charge is 2.14. The van der Waals surface area contributed by atoms with E-state index < -0.39 is 11.8 Å². The fourth-order valence-electron chi connectivity index (χ4n) is 2.50. The van der Waals surface area contributed by atoms with Gasteiger partial charge in [-0.1, -0.05) is 23.7 Å². The number of aromatic carboxylic acids is 1. The Labute approximate surface area is 131 Å². The monoisotopic (exact) mass is 315 g/mol. The predicted molar refractivity (Wildman–Crippen MR) is 83.8 cm³/mol. The molecule has 1 aromatic heterocycles. The van der Waals surface area contributed by atoms with Crippen molar-refractivity contribution in [1.82, 2.24) is 4.98 Å². The maximum atomic E-state index is 13.7. The van der Waals surface area contributed by atoms with E-state index in [0.717, 1.165) is 5.56 Å². The lowest BCUT2D eigenvalue weighted by Gasteiger charge is -2.11. The lowest BCUT2D eigenvalue weighted by atomic mass is 9.97. The van der Waals surface area contributed by atoms with Crippen LogP contribution in [0.4, 0.5) is 4.39 Å². The molecule has 0 aliphatic carbocycles. The summed E-state index contributed by atoms with van der Waals surface area (Å²) >= 11 is 6.06. The normalized spacial score (nSPS) is 10.9. The first-order valence-electron chi connectivity index (χ1n) is 6.56. The van der Waals surface area contributed by atoms with Crippen molar-refractivity contribution >= 4 is 28.5 Å². The lowest BCUT2D eigenvalue weighted by molar-refractivity contribution is 0.0697. The van der Waals surface area contributed by atoms with Gasteiger partial charge in [0.25, 0.3) is 0 Å². The van der Waals surface area contributed by atoms with Crippen LogP contribution in [0, 0.1) is 12.7 Å². The van der Waals surface area contributed by atoms with Crippen LogP contribution in [0.5, 0.6) is 0 Å². The fourth-order valence-corrected chi connectivity index (χ4v) is 2.73. The number of pyridine rings is 1. The first kappa shape index (κ1) is 14.5. The summed E-state index contributed by atoms with van der Waals surface area (Å²) in [5.41, 5.74) is 2.73. The lowest BCUT2D eigenvalue weighted by Crippen LogP contribution is -1.98. The Morgan fingerprint density at radius 3 is 2.73 bits per heavy atom. The summed E-state index contributed by atoms with van der Waals surface area (Å²) < 4.78 is 13.7. The molecule has 0 unspecified atom stereocenters. The van der Waals surface area contributed by atoms with E-state index in [-0.39, 0.29) is 10.6 Å². The number of carbonyl (C=O) groups is 1. The van der Waals surface area contributed by atoms with Crippen LogP contribution in [0.1, 0.15) is 15.9 Å². The molecular formula is C17H11ClFNO2. The molecule has 0 amide bonds. The quantitative estimate of drug-likeness (QED) is 0.745. The second kappa shape index (κ2) is 5.39. The summed E-state index contributed by atoms with van der Waals surface area (Å²) in [6.07, 6.45) is 1.60. The van der Waals surface area contributed by atoms with Gasteiger partial charge >= 0.3 is 5.97 Å². The van der Waals surface area contributed by atoms with Gasteiger partial charge in [-0.05, 0) is 42.3 Å². The number of carboxylic acid groups (broad SMARTS) is 1. The number of carboxylic acids is 1. The van der Waals surface area contributed by atoms with E-state index in [4.69, 9.17) is 11.6 Å². The Bertz CT molecular complexity index is 909. The van der Waals surface area contributed by atoms with Crippen molar-refractivity contribution in [1.29, 1.82) is 0 Å². The van der Waals surface area contributed by atoms with Crippen LogP contribution in [-0.4, -0.2) is 16.1 Å². The van der Waals surface area contributed by atoms with Gasteiger partial charge in [0.1, 0.15) is 5.82 Å². The number of rotatable bonds is 2. The minimum Gasteiger partial charge on any atom is -0.478 e. The Kier molecular flexibility index (Phi) is 3.54. The second-order valence-corrected chi connectivity index (χ2v) is 5.33. The minimum atomic E-state index is -1.02. The van der Waals surface area contributed by atoms with Crippen molar-refractivity contribution in [3.63, 3.8) is 0 Å². The average molecular weight is 316 g/mol. The number of halogens is 2. The van der Waals surface area contributed by atoms with Crippen LogP contribution in [0.25, 0.3) is 22.0 Å². The molecule has 2 aromatic carbocycles. The van der Waals surface area contributed by atoms with Gasteiger partial charge < -0.3 is 5.11 Å². The van der Waals surface area contributed by atoms with Crippen LogP contribution in [0.15, 0.2) is 42.6 Å². The number of aromatic nitrogens is 1. The van der Waals surface area contributed by atoms with Crippen molar-refractivity contribution in [3.05, 3.63) is 64.6 Å². The SMILES string of the molecule is Cc1cc(C(=O)O)cc2c(-c3cccc(F)c3Cl)ccnc12. The van der Waals surface area contributed by atoms with Crippen molar-refractivity contribution in [2.75, 3.05) is 0 Å². The molecule has 1 heterocycles. The van der Waals surface area contributed by atoms with E-state index in [1.807, 2.05) is 0 Å². The summed E-state index contributed by atoms with van der Waals surface area (Å²) in [7, 11) is 0. The van der Waals surface area contributed by atoms with Crippen LogP contribution in [-0.2, 0) is 0 Å². The third-order valence-electron chi connectivity index (χ3n) is 3.52. The molecule has 0 saturated heterocycles. The fraction of sp³-hybridized carbons (Fsp3) is 0.0588. The summed E-state index contributed by atoms with van der Waals surface area (Å²) in [5, 5.41) is 9.86. The molecule has 0 saturated carbocycles. The van der Waals surface area contributed by atoms with Crippen LogP contribution in [0.2, 0.25) is 5.02 Å². The Morgan fingerprint density at radius 1 is 1.23 bits per heavy atom. The number of nitrogens with zero attached hydrogens (tertiary/aromatic N) is 1. The van der Waals surface area contributed by atoms with Gasteiger partial charge in [-0.2, -0.15) is 0 Å². The molecule has 110 valence electrons. The number of benzene rings is 2. The molecule has 0 radical (unpaired) electrons. The van der Waals surface area contributed by atoms with Crippen molar-refractivity contribution in [2.45, 2.75) is 6.92 Å². The van der Waals surface area contributed by atoms with Crippen LogP contribution < -0.4 is 0 Å².